The van der Waals surface area contributed by atoms with E-state index in [0.29, 0.717) is 5.92 Å². The number of aryl methyl sites for hydroxylation is 1. The van der Waals surface area contributed by atoms with Crippen LogP contribution in [0.15, 0.2) is 22.6 Å². The minimum Gasteiger partial charge on any atom is -0.459 e. The molecule has 0 amide bonds. The third-order valence-electron chi connectivity index (χ3n) is 3.52. The highest BCUT2D eigenvalue weighted by Crippen LogP contribution is 2.32. The van der Waals surface area contributed by atoms with E-state index in [-0.39, 0.29) is 0 Å². The van der Waals surface area contributed by atoms with Crippen LogP contribution >= 0.6 is 0 Å². The molecule has 0 aliphatic heterocycles. The van der Waals surface area contributed by atoms with Gasteiger partial charge in [0.25, 0.3) is 0 Å². The lowest BCUT2D eigenvalue weighted by Crippen LogP contribution is -2.12. The van der Waals surface area contributed by atoms with Crippen molar-refractivity contribution in [2.75, 3.05) is 6.54 Å². The molecule has 104 valence electrons. The van der Waals surface area contributed by atoms with Crippen molar-refractivity contribution in [1.82, 2.24) is 5.32 Å². The second-order valence-electron chi connectivity index (χ2n) is 5.45. The number of nitrogens with one attached hydrogen (secondary N) is 1. The van der Waals surface area contributed by atoms with Gasteiger partial charge in [0.05, 0.1) is 6.54 Å². The van der Waals surface area contributed by atoms with Crippen LogP contribution in [-0.2, 0) is 13.0 Å². The lowest BCUT2D eigenvalue weighted by molar-refractivity contribution is 0.510. The third-order valence-corrected chi connectivity index (χ3v) is 3.52. The van der Waals surface area contributed by atoms with E-state index in [2.05, 4.69) is 51.2 Å². The fourth-order valence-corrected chi connectivity index (χ4v) is 2.66. The molecule has 19 heavy (non-hydrogen) atoms. The SMILES string of the molecule is CCCc1ccc2oc(CNCC)c(C(C)C)c2c1. The Morgan fingerprint density at radius 1 is 1.21 bits per heavy atom. The predicted molar refractivity (Wildman–Crippen MR) is 81.7 cm³/mol. The van der Waals surface area contributed by atoms with E-state index in [1.807, 2.05) is 0 Å². The van der Waals surface area contributed by atoms with Gasteiger partial charge in [-0.1, -0.05) is 40.2 Å². The molecule has 1 heterocycles. The highest BCUT2D eigenvalue weighted by Gasteiger charge is 2.16. The van der Waals surface area contributed by atoms with E-state index in [0.717, 1.165) is 30.9 Å². The molecule has 0 radical (unpaired) electrons. The third kappa shape index (κ3) is 3.01. The van der Waals surface area contributed by atoms with Crippen molar-refractivity contribution in [2.24, 2.45) is 0 Å². The molecule has 0 aliphatic carbocycles. The molecule has 1 aromatic carbocycles. The monoisotopic (exact) mass is 259 g/mol. The van der Waals surface area contributed by atoms with Crippen molar-refractivity contribution < 1.29 is 4.42 Å². The van der Waals surface area contributed by atoms with Crippen LogP contribution in [0.4, 0.5) is 0 Å². The summed E-state index contributed by atoms with van der Waals surface area (Å²) in [5.41, 5.74) is 3.80. The Hall–Kier alpha value is -1.28. The van der Waals surface area contributed by atoms with Crippen LogP contribution in [0, 0.1) is 0 Å². The van der Waals surface area contributed by atoms with Crippen molar-refractivity contribution >= 4 is 11.0 Å². The Bertz CT molecular complexity index is 539. The number of furan rings is 1. The fraction of sp³-hybridized carbons (Fsp3) is 0.529. The summed E-state index contributed by atoms with van der Waals surface area (Å²) >= 11 is 0. The first-order valence-electron chi connectivity index (χ1n) is 7.42. The fourth-order valence-electron chi connectivity index (χ4n) is 2.66. The first-order valence-corrected chi connectivity index (χ1v) is 7.42. The van der Waals surface area contributed by atoms with E-state index in [1.54, 1.807) is 0 Å². The maximum Gasteiger partial charge on any atom is 0.134 e. The second kappa shape index (κ2) is 6.25. The zero-order chi connectivity index (χ0) is 13.8. The van der Waals surface area contributed by atoms with Crippen molar-refractivity contribution in [3.05, 3.63) is 35.1 Å². The first-order chi connectivity index (χ1) is 9.17. The van der Waals surface area contributed by atoms with Gasteiger partial charge in [0.1, 0.15) is 11.3 Å². The van der Waals surface area contributed by atoms with E-state index < -0.39 is 0 Å². The molecule has 2 heteroatoms. The highest BCUT2D eigenvalue weighted by atomic mass is 16.3. The van der Waals surface area contributed by atoms with Crippen molar-refractivity contribution in [2.45, 2.75) is 53.0 Å². The van der Waals surface area contributed by atoms with Crippen LogP contribution in [0.5, 0.6) is 0 Å². The van der Waals surface area contributed by atoms with Crippen LogP contribution in [0.2, 0.25) is 0 Å². The van der Waals surface area contributed by atoms with Gasteiger partial charge in [0.15, 0.2) is 0 Å². The molecule has 1 aromatic heterocycles. The van der Waals surface area contributed by atoms with Crippen LogP contribution in [-0.4, -0.2) is 6.54 Å². The van der Waals surface area contributed by atoms with Gasteiger partial charge in [-0.25, -0.2) is 0 Å². The van der Waals surface area contributed by atoms with Gasteiger partial charge in [-0.2, -0.15) is 0 Å². The number of hydrogen-bond acceptors (Lipinski definition) is 2. The molecule has 0 bridgehead atoms. The lowest BCUT2D eigenvalue weighted by Gasteiger charge is -2.07. The van der Waals surface area contributed by atoms with E-state index >= 15 is 0 Å². The molecule has 1 N–H and O–H groups in total. The minimum atomic E-state index is 0.492. The molecule has 0 unspecified atom stereocenters. The normalized spacial score (nSPS) is 11.6. The summed E-state index contributed by atoms with van der Waals surface area (Å²) < 4.78 is 6.03. The van der Waals surface area contributed by atoms with Gasteiger partial charge in [-0.3, -0.25) is 0 Å². The minimum absolute atomic E-state index is 0.492. The van der Waals surface area contributed by atoms with Gasteiger partial charge in [-0.05, 0) is 36.6 Å². The predicted octanol–water partition coefficient (Wildman–Crippen LogP) is 4.62. The summed E-state index contributed by atoms with van der Waals surface area (Å²) in [6, 6.07) is 6.63. The molecule has 2 aromatic rings. The van der Waals surface area contributed by atoms with Crippen LogP contribution in [0.1, 0.15) is 56.9 Å². The van der Waals surface area contributed by atoms with Gasteiger partial charge in [0, 0.05) is 10.9 Å². The molecule has 0 saturated heterocycles. The molecule has 2 rings (SSSR count). The zero-order valence-electron chi connectivity index (χ0n) is 12.5. The van der Waals surface area contributed by atoms with E-state index in [1.165, 1.54) is 22.9 Å². The average Bonchev–Trinajstić information content (AvgIpc) is 2.74. The number of rotatable bonds is 6. The van der Waals surface area contributed by atoms with E-state index in [9.17, 15) is 0 Å². The highest BCUT2D eigenvalue weighted by molar-refractivity contribution is 5.83. The van der Waals surface area contributed by atoms with Crippen LogP contribution in [0.3, 0.4) is 0 Å². The Labute approximate surface area is 116 Å². The summed E-state index contributed by atoms with van der Waals surface area (Å²) in [7, 11) is 0. The number of benzene rings is 1. The Balaban J connectivity index is 2.48. The van der Waals surface area contributed by atoms with E-state index in [4.69, 9.17) is 4.42 Å². The Morgan fingerprint density at radius 3 is 2.63 bits per heavy atom. The van der Waals surface area contributed by atoms with Crippen LogP contribution in [0.25, 0.3) is 11.0 Å². The molecule has 0 atom stereocenters. The van der Waals surface area contributed by atoms with Crippen molar-refractivity contribution in [3.8, 4) is 0 Å². The molecular weight excluding hydrogens is 234 g/mol. The van der Waals surface area contributed by atoms with Gasteiger partial charge >= 0.3 is 0 Å². The van der Waals surface area contributed by atoms with Gasteiger partial charge in [0.2, 0.25) is 0 Å². The largest absolute Gasteiger partial charge is 0.459 e. The lowest BCUT2D eigenvalue weighted by atomic mass is 9.97. The van der Waals surface area contributed by atoms with Gasteiger partial charge in [-0.15, -0.1) is 0 Å². The number of hydrogen-bond donors (Lipinski definition) is 1. The first kappa shape index (κ1) is 14.1. The Kier molecular flexibility index (Phi) is 4.65. The maximum absolute atomic E-state index is 6.03. The summed E-state index contributed by atoms with van der Waals surface area (Å²) in [4.78, 5) is 0. The van der Waals surface area contributed by atoms with Crippen molar-refractivity contribution in [1.29, 1.82) is 0 Å². The Morgan fingerprint density at radius 2 is 2.00 bits per heavy atom. The second-order valence-corrected chi connectivity index (χ2v) is 5.45. The quantitative estimate of drug-likeness (QED) is 0.819. The topological polar surface area (TPSA) is 25.2 Å². The van der Waals surface area contributed by atoms with Crippen molar-refractivity contribution in [3.63, 3.8) is 0 Å². The summed E-state index contributed by atoms with van der Waals surface area (Å²) in [6.45, 7) is 10.6. The standard InChI is InChI=1S/C17H25NO/c1-5-7-13-8-9-15-14(10-13)17(12(3)4)16(19-15)11-18-6-2/h8-10,12,18H,5-7,11H2,1-4H3. The summed E-state index contributed by atoms with van der Waals surface area (Å²) in [5, 5.41) is 4.67. The maximum atomic E-state index is 6.03. The molecular formula is C17H25NO. The zero-order valence-corrected chi connectivity index (χ0v) is 12.5. The number of fused-ring (bicyclic) bond motifs is 1. The smallest absolute Gasteiger partial charge is 0.134 e. The molecule has 0 fully saturated rings. The summed E-state index contributed by atoms with van der Waals surface area (Å²) in [6.07, 6.45) is 2.33. The molecule has 2 nitrogen and oxygen atoms in total. The summed E-state index contributed by atoms with van der Waals surface area (Å²) in [5.74, 6) is 1.59. The van der Waals surface area contributed by atoms with Gasteiger partial charge < -0.3 is 9.73 Å². The molecule has 0 aliphatic rings. The molecule has 0 spiro atoms. The average molecular weight is 259 g/mol. The van der Waals surface area contributed by atoms with Crippen LogP contribution < -0.4 is 5.32 Å². The molecule has 0 saturated carbocycles.